The minimum absolute atomic E-state index is 0.328. The molecule has 0 spiro atoms. The third-order valence-electron chi connectivity index (χ3n) is 1.98. The van der Waals surface area contributed by atoms with Crippen molar-refractivity contribution in [2.24, 2.45) is 16.6 Å². The van der Waals surface area contributed by atoms with Crippen LogP contribution in [0, 0.1) is 12.8 Å². The first-order valence-electron chi connectivity index (χ1n) is 4.88. The Morgan fingerprint density at radius 3 is 2.86 bits per heavy atom. The molecule has 2 N–H and O–H groups in total. The number of hydrogen-bond acceptors (Lipinski definition) is 2. The Balaban J connectivity index is 2.38. The van der Waals surface area contributed by atoms with Crippen LogP contribution in [0.5, 0.6) is 0 Å². The van der Waals surface area contributed by atoms with Crippen LogP contribution in [0.25, 0.3) is 0 Å². The van der Waals surface area contributed by atoms with Crippen LogP contribution in [-0.2, 0) is 6.54 Å². The highest BCUT2D eigenvalue weighted by molar-refractivity contribution is 5.82. The summed E-state index contributed by atoms with van der Waals surface area (Å²) >= 11 is 0. The second-order valence-corrected chi connectivity index (χ2v) is 3.74. The molecule has 0 fully saturated rings. The predicted molar refractivity (Wildman–Crippen MR) is 58.3 cm³/mol. The van der Waals surface area contributed by atoms with Gasteiger partial charge in [-0.3, -0.25) is 9.67 Å². The summed E-state index contributed by atoms with van der Waals surface area (Å²) in [5.74, 6) is 1.04. The number of aryl methyl sites for hydroxylation is 1. The van der Waals surface area contributed by atoms with E-state index in [0.717, 1.165) is 6.54 Å². The highest BCUT2D eigenvalue weighted by atomic mass is 15.3. The lowest BCUT2D eigenvalue weighted by atomic mass is 10.2. The summed E-state index contributed by atoms with van der Waals surface area (Å²) in [6, 6.07) is 0. The topological polar surface area (TPSA) is 56.2 Å². The third-order valence-corrected chi connectivity index (χ3v) is 1.98. The zero-order valence-corrected chi connectivity index (χ0v) is 9.07. The van der Waals surface area contributed by atoms with E-state index in [1.165, 1.54) is 5.56 Å². The van der Waals surface area contributed by atoms with Gasteiger partial charge in [-0.1, -0.05) is 13.8 Å². The molecule has 1 heterocycles. The Kier molecular flexibility index (Phi) is 3.68. The fourth-order valence-corrected chi connectivity index (χ4v) is 1.05. The zero-order chi connectivity index (χ0) is 10.6. The van der Waals surface area contributed by atoms with Crippen molar-refractivity contribution in [3.63, 3.8) is 0 Å². The third kappa shape index (κ3) is 3.20. The van der Waals surface area contributed by atoms with E-state index < -0.39 is 0 Å². The molecule has 14 heavy (non-hydrogen) atoms. The second-order valence-electron chi connectivity index (χ2n) is 3.74. The molecule has 0 saturated carbocycles. The first-order valence-corrected chi connectivity index (χ1v) is 4.88. The number of hydrogen-bond donors (Lipinski definition) is 1. The molecule has 0 aromatic carbocycles. The number of amidine groups is 1. The van der Waals surface area contributed by atoms with Crippen molar-refractivity contribution in [3.8, 4) is 0 Å². The number of aromatic nitrogens is 2. The van der Waals surface area contributed by atoms with E-state index in [1.807, 2.05) is 37.8 Å². The molecule has 0 aliphatic rings. The monoisotopic (exact) mass is 194 g/mol. The minimum atomic E-state index is 0.328. The maximum atomic E-state index is 5.71. The fraction of sp³-hybridized carbons (Fsp3) is 0.600. The quantitative estimate of drug-likeness (QED) is 0.578. The molecule has 1 aromatic rings. The summed E-state index contributed by atoms with van der Waals surface area (Å²) < 4.78 is 1.88. The fourth-order valence-electron chi connectivity index (χ4n) is 1.05. The first kappa shape index (κ1) is 10.8. The molecule has 0 aliphatic heterocycles. The molecule has 0 amide bonds. The maximum Gasteiger partial charge on any atom is 0.0963 e. The van der Waals surface area contributed by atoms with E-state index in [4.69, 9.17) is 5.73 Å². The summed E-state index contributed by atoms with van der Waals surface area (Å²) in [6.07, 6.45) is 3.84. The Morgan fingerprint density at radius 1 is 1.64 bits per heavy atom. The Morgan fingerprint density at radius 2 is 2.36 bits per heavy atom. The van der Waals surface area contributed by atoms with Crippen molar-refractivity contribution >= 4 is 5.84 Å². The lowest BCUT2D eigenvalue weighted by Crippen LogP contribution is -2.19. The molecule has 0 radical (unpaired) electrons. The van der Waals surface area contributed by atoms with Crippen LogP contribution in [-0.4, -0.2) is 22.2 Å². The van der Waals surface area contributed by atoms with Crippen molar-refractivity contribution in [1.82, 2.24) is 9.78 Å². The highest BCUT2D eigenvalue weighted by Crippen LogP contribution is 1.95. The molecule has 4 heteroatoms. The summed E-state index contributed by atoms with van der Waals surface area (Å²) in [6.45, 7) is 7.59. The lowest BCUT2D eigenvalue weighted by molar-refractivity contribution is 0.623. The van der Waals surface area contributed by atoms with Crippen LogP contribution in [0.4, 0.5) is 0 Å². The van der Waals surface area contributed by atoms with Gasteiger partial charge in [0.05, 0.1) is 25.1 Å². The van der Waals surface area contributed by atoms with Crippen LogP contribution >= 0.6 is 0 Å². The number of aliphatic imine (C=N–C) groups is 1. The average molecular weight is 194 g/mol. The van der Waals surface area contributed by atoms with Gasteiger partial charge in [-0.05, 0) is 12.5 Å². The smallest absolute Gasteiger partial charge is 0.0963 e. The average Bonchev–Trinajstić information content (AvgIpc) is 2.51. The van der Waals surface area contributed by atoms with Gasteiger partial charge in [-0.15, -0.1) is 0 Å². The molecule has 1 aromatic heterocycles. The van der Waals surface area contributed by atoms with Crippen molar-refractivity contribution in [2.75, 3.05) is 6.54 Å². The second kappa shape index (κ2) is 4.79. The van der Waals surface area contributed by atoms with Crippen LogP contribution in [0.3, 0.4) is 0 Å². The molecule has 0 bridgehead atoms. The Hall–Kier alpha value is -1.32. The molecule has 0 saturated heterocycles. The molecule has 0 aliphatic carbocycles. The normalized spacial score (nSPS) is 12.4. The largest absolute Gasteiger partial charge is 0.387 e. The van der Waals surface area contributed by atoms with E-state index in [1.54, 1.807) is 0 Å². The van der Waals surface area contributed by atoms with Gasteiger partial charge < -0.3 is 5.73 Å². The van der Waals surface area contributed by atoms with Crippen molar-refractivity contribution in [2.45, 2.75) is 27.3 Å². The number of nitrogens with zero attached hydrogens (tertiary/aromatic N) is 3. The van der Waals surface area contributed by atoms with Crippen molar-refractivity contribution in [1.29, 1.82) is 0 Å². The summed E-state index contributed by atoms with van der Waals surface area (Å²) in [5.41, 5.74) is 6.88. The first-order chi connectivity index (χ1) is 6.59. The highest BCUT2D eigenvalue weighted by Gasteiger charge is 1.98. The molecule has 0 atom stereocenters. The molecule has 0 unspecified atom stereocenters. The SMILES string of the molecule is Cc1cnn(CCN=C(N)C(C)C)c1. The van der Waals surface area contributed by atoms with Gasteiger partial charge in [0.25, 0.3) is 0 Å². The number of nitrogens with two attached hydrogens (primary N) is 1. The van der Waals surface area contributed by atoms with E-state index >= 15 is 0 Å². The zero-order valence-electron chi connectivity index (χ0n) is 9.07. The van der Waals surface area contributed by atoms with Crippen LogP contribution in [0.1, 0.15) is 19.4 Å². The van der Waals surface area contributed by atoms with Crippen LogP contribution in [0.2, 0.25) is 0 Å². The van der Waals surface area contributed by atoms with E-state index in [9.17, 15) is 0 Å². The van der Waals surface area contributed by atoms with Crippen LogP contribution < -0.4 is 5.73 Å². The summed E-state index contributed by atoms with van der Waals surface area (Å²) in [5, 5.41) is 4.16. The van der Waals surface area contributed by atoms with E-state index in [0.29, 0.717) is 18.3 Å². The lowest BCUT2D eigenvalue weighted by Gasteiger charge is -2.03. The van der Waals surface area contributed by atoms with E-state index in [2.05, 4.69) is 10.1 Å². The Labute approximate surface area is 84.8 Å². The van der Waals surface area contributed by atoms with E-state index in [-0.39, 0.29) is 0 Å². The van der Waals surface area contributed by atoms with Crippen molar-refractivity contribution in [3.05, 3.63) is 18.0 Å². The molecule has 78 valence electrons. The maximum absolute atomic E-state index is 5.71. The minimum Gasteiger partial charge on any atom is -0.387 e. The standard InChI is InChI=1S/C10H18N4/c1-8(2)10(11)12-4-5-14-7-9(3)6-13-14/h6-8H,4-5H2,1-3H3,(H2,11,12). The van der Waals surface area contributed by atoms with Gasteiger partial charge >= 0.3 is 0 Å². The van der Waals surface area contributed by atoms with Gasteiger partial charge in [0.2, 0.25) is 0 Å². The molecule has 1 rings (SSSR count). The van der Waals surface area contributed by atoms with Gasteiger partial charge in [0.15, 0.2) is 0 Å². The van der Waals surface area contributed by atoms with Gasteiger partial charge in [0.1, 0.15) is 0 Å². The van der Waals surface area contributed by atoms with Gasteiger partial charge in [-0.25, -0.2) is 0 Å². The number of rotatable bonds is 4. The van der Waals surface area contributed by atoms with Gasteiger partial charge in [0, 0.05) is 12.1 Å². The predicted octanol–water partition coefficient (Wildman–Crippen LogP) is 1.20. The molecular weight excluding hydrogens is 176 g/mol. The Bertz CT molecular complexity index is 312. The molecular formula is C10H18N4. The summed E-state index contributed by atoms with van der Waals surface area (Å²) in [4.78, 5) is 4.26. The summed E-state index contributed by atoms with van der Waals surface area (Å²) in [7, 11) is 0. The van der Waals surface area contributed by atoms with Crippen LogP contribution in [0.15, 0.2) is 17.4 Å². The van der Waals surface area contributed by atoms with Crippen molar-refractivity contribution < 1.29 is 0 Å². The molecule has 4 nitrogen and oxygen atoms in total. The van der Waals surface area contributed by atoms with Gasteiger partial charge in [-0.2, -0.15) is 5.10 Å².